The van der Waals surface area contributed by atoms with Crippen molar-refractivity contribution < 1.29 is 17.1 Å². The molecule has 0 aliphatic heterocycles. The van der Waals surface area contributed by atoms with E-state index in [0.29, 0.717) is 24.0 Å². The zero-order chi connectivity index (χ0) is 3.41. The second kappa shape index (κ2) is 9.54. The first-order valence-electron chi connectivity index (χ1n) is 0.532. The third kappa shape index (κ3) is 10.7. The normalized spacial score (nSPS) is 6.00. The molecule has 0 atom stereocenters. The van der Waals surface area contributed by atoms with Crippen LogP contribution in [0.3, 0.4) is 0 Å². The fourth-order valence-corrected chi connectivity index (χ4v) is 0. The first kappa shape index (κ1) is 10.3. The Kier molecular flexibility index (Phi) is 19.6. The van der Waals surface area contributed by atoms with Gasteiger partial charge >= 0.3 is 46.1 Å². The molecule has 0 saturated carbocycles. The van der Waals surface area contributed by atoms with Crippen LogP contribution < -0.4 is 0 Å². The van der Waals surface area contributed by atoms with Gasteiger partial charge in [-0.2, -0.15) is 0 Å². The molecule has 5 heteroatoms. The topological polar surface area (TPSA) is 0 Å². The molecule has 0 rings (SSSR count). The average Bonchev–Trinajstić information content (AvgIpc) is 1.37. The Bertz CT molecular complexity index is 9.61. The number of hydrogen-bond acceptors (Lipinski definition) is 2. The molecule has 0 amide bonds. The van der Waals surface area contributed by atoms with Crippen LogP contribution in [0.4, 0.5) is 0 Å². The van der Waals surface area contributed by atoms with Gasteiger partial charge in [0.1, 0.15) is 0 Å². The van der Waals surface area contributed by atoms with Crippen molar-refractivity contribution in [2.24, 2.45) is 0 Å². The summed E-state index contributed by atoms with van der Waals surface area (Å²) < 4.78 is 0. The summed E-state index contributed by atoms with van der Waals surface area (Å²) in [5.41, 5.74) is 0. The molecule has 0 saturated heterocycles. The van der Waals surface area contributed by atoms with Crippen molar-refractivity contribution in [3.05, 3.63) is 0 Å². The molecular weight excluding hydrogens is 286 g/mol. The summed E-state index contributed by atoms with van der Waals surface area (Å²) in [6.07, 6.45) is 0. The molecule has 0 nitrogen and oxygen atoms in total. The Morgan fingerprint density at radius 2 is 1.20 bits per heavy atom. The summed E-state index contributed by atoms with van der Waals surface area (Å²) in [5, 5.41) is 0. The molecule has 0 N–H and O–H groups in total. The van der Waals surface area contributed by atoms with Crippen molar-refractivity contribution >= 4 is 46.1 Å². The molecule has 0 bridgehead atoms. The smallest absolute Gasteiger partial charge is 0 e. The minimum absolute atomic E-state index is 0. The van der Waals surface area contributed by atoms with E-state index in [9.17, 15) is 0 Å². The molecule has 0 unspecified atom stereocenters. The average molecular weight is 288 g/mol. The maximum atomic E-state index is 3.93. The first-order valence-corrected chi connectivity index (χ1v) is 10.2. The molecule has 0 fully saturated rings. The minimum atomic E-state index is 0. The van der Waals surface area contributed by atoms with Gasteiger partial charge in [-0.3, -0.25) is 0 Å². The summed E-state index contributed by atoms with van der Waals surface area (Å²) in [5.74, 6) is 0. The molecule has 0 heterocycles. The van der Waals surface area contributed by atoms with Crippen LogP contribution >= 0.6 is 22.1 Å². The number of hydrogen-bond donors (Lipinski definition) is 2. The summed E-state index contributed by atoms with van der Waals surface area (Å²) in [6.45, 7) is 0. The fraction of sp³-hybridized carbons (Fsp3) is 0. The largest absolute Gasteiger partial charge is 0 e. The van der Waals surface area contributed by atoms with Crippen LogP contribution in [0.1, 0.15) is 0 Å². The zero-order valence-electron chi connectivity index (χ0n) is 2.01. The fourth-order valence-electron chi connectivity index (χ4n) is 0. The number of rotatable bonds is 1. The second-order valence-electron chi connectivity index (χ2n) is 0.149. The predicted octanol–water partition coefficient (Wildman–Crippen LogP) is -0.00310. The van der Waals surface area contributed by atoms with Gasteiger partial charge in [0.25, 0.3) is 0 Å². The molecule has 37 valence electrons. The molecule has 0 aromatic rings. The van der Waals surface area contributed by atoms with Gasteiger partial charge in [0, 0.05) is 17.1 Å². The molecule has 0 aliphatic rings. The van der Waals surface area contributed by atoms with Crippen LogP contribution in [0.5, 0.6) is 0 Å². The first-order chi connectivity index (χ1) is 1.91. The quantitative estimate of drug-likeness (QED) is 0.492. The van der Waals surface area contributed by atoms with Crippen molar-refractivity contribution in [1.82, 2.24) is 0 Å². The van der Waals surface area contributed by atoms with Gasteiger partial charge in [0.05, 0.1) is 0 Å². The number of thiol groups is 2. The molecule has 0 spiro atoms. The van der Waals surface area contributed by atoms with E-state index in [-0.39, 0.29) is 17.1 Å². The summed E-state index contributed by atoms with van der Waals surface area (Å²) in [7, 11) is 0. The maximum absolute atomic E-state index is 3.93. The minimum Gasteiger partial charge on any atom is 0 e. The van der Waals surface area contributed by atoms with E-state index < -0.39 is 0 Å². The standard InChI is InChI=1S/Cu.H2S2Se2/c;1-3-4-2/h;1-2H. The Labute approximate surface area is 62.5 Å². The van der Waals surface area contributed by atoms with Crippen LogP contribution in [0.2, 0.25) is 0 Å². The van der Waals surface area contributed by atoms with Gasteiger partial charge < -0.3 is 0 Å². The van der Waals surface area contributed by atoms with Gasteiger partial charge in [-0.05, 0) is 0 Å². The van der Waals surface area contributed by atoms with E-state index in [0.717, 1.165) is 0 Å². The molecule has 0 aromatic carbocycles. The second-order valence-corrected chi connectivity index (χ2v) is 12.1. The van der Waals surface area contributed by atoms with Crippen molar-refractivity contribution in [3.8, 4) is 0 Å². The van der Waals surface area contributed by atoms with Crippen LogP contribution in [0.25, 0.3) is 0 Å². The van der Waals surface area contributed by atoms with Crippen molar-refractivity contribution in [2.45, 2.75) is 0 Å². The van der Waals surface area contributed by atoms with Gasteiger partial charge in [-0.15, -0.1) is 0 Å². The van der Waals surface area contributed by atoms with Crippen molar-refractivity contribution in [2.75, 3.05) is 0 Å². The summed E-state index contributed by atoms with van der Waals surface area (Å²) in [6, 6.07) is 0. The van der Waals surface area contributed by atoms with E-state index in [2.05, 4.69) is 22.1 Å². The van der Waals surface area contributed by atoms with Crippen molar-refractivity contribution in [3.63, 3.8) is 0 Å². The van der Waals surface area contributed by atoms with Crippen LogP contribution in [0, 0.1) is 0 Å². The third-order valence-corrected chi connectivity index (χ3v) is 8.10. The molecule has 5 heavy (non-hydrogen) atoms. The molecular formula is H2CuS2Se2. The van der Waals surface area contributed by atoms with E-state index >= 15 is 0 Å². The molecule has 0 aliphatic carbocycles. The Morgan fingerprint density at radius 3 is 1.20 bits per heavy atom. The SMILES string of the molecule is S[Se][Se]S.[Cu]. The predicted molar refractivity (Wildman–Crippen MR) is 29.5 cm³/mol. The van der Waals surface area contributed by atoms with E-state index in [1.807, 2.05) is 0 Å². The van der Waals surface area contributed by atoms with Gasteiger partial charge in [0.2, 0.25) is 0 Å². The van der Waals surface area contributed by atoms with E-state index in [4.69, 9.17) is 0 Å². The molecule has 0 aromatic heterocycles. The Balaban J connectivity index is 0. The summed E-state index contributed by atoms with van der Waals surface area (Å²) in [4.78, 5) is 0. The van der Waals surface area contributed by atoms with Gasteiger partial charge in [0.15, 0.2) is 0 Å². The van der Waals surface area contributed by atoms with E-state index in [1.165, 1.54) is 0 Å². The Morgan fingerprint density at radius 1 is 1.00 bits per heavy atom. The van der Waals surface area contributed by atoms with Crippen LogP contribution in [-0.2, 0) is 17.1 Å². The monoisotopic (exact) mass is 289 g/mol. The van der Waals surface area contributed by atoms with Gasteiger partial charge in [-0.1, -0.05) is 0 Å². The zero-order valence-corrected chi connectivity index (χ0v) is 8.17. The van der Waals surface area contributed by atoms with Crippen molar-refractivity contribution in [1.29, 1.82) is 0 Å². The van der Waals surface area contributed by atoms with Gasteiger partial charge in [-0.25, -0.2) is 0 Å². The Hall–Kier alpha value is 2.26. The summed E-state index contributed by atoms with van der Waals surface area (Å²) >= 11 is 8.94. The van der Waals surface area contributed by atoms with Crippen LogP contribution in [-0.4, -0.2) is 24.0 Å². The maximum Gasteiger partial charge on any atom is 0 e. The van der Waals surface area contributed by atoms with Crippen LogP contribution in [0.15, 0.2) is 0 Å². The third-order valence-electron chi connectivity index (χ3n) is 0.0333. The van der Waals surface area contributed by atoms with E-state index in [1.54, 1.807) is 0 Å². The molecule has 1 radical (unpaired) electrons.